The van der Waals surface area contributed by atoms with Crippen LogP contribution in [0.1, 0.15) is 46.0 Å². The molecule has 1 N–H and O–H groups in total. The van der Waals surface area contributed by atoms with Crippen molar-refractivity contribution in [3.05, 3.63) is 0 Å². The van der Waals surface area contributed by atoms with Gasteiger partial charge in [0.2, 0.25) is 5.91 Å². The molecule has 0 heterocycles. The molecule has 0 aromatic heterocycles. The van der Waals surface area contributed by atoms with Crippen molar-refractivity contribution in [2.75, 3.05) is 6.54 Å². The maximum Gasteiger partial charge on any atom is 0.232 e. The molecule has 82 valence electrons. The summed E-state index contributed by atoms with van der Waals surface area (Å²) in [5.74, 6) is 0.0557. The van der Waals surface area contributed by atoms with Gasteiger partial charge in [-0.15, -0.1) is 0 Å². The average Bonchev–Trinajstić information content (AvgIpc) is 2.15. The quantitative estimate of drug-likeness (QED) is 0.695. The second-order valence-electron chi connectivity index (χ2n) is 4.77. The summed E-state index contributed by atoms with van der Waals surface area (Å²) in [6.07, 6.45) is 6.46. The molecule has 0 radical (unpaired) electrons. The number of amides is 1. The van der Waals surface area contributed by atoms with E-state index < -0.39 is 0 Å². The molecule has 0 bridgehead atoms. The molecule has 1 amide bonds. The number of nitrogens with one attached hydrogen (secondary N) is 1. The lowest BCUT2D eigenvalue weighted by Crippen LogP contribution is -2.39. The van der Waals surface area contributed by atoms with E-state index >= 15 is 0 Å². The van der Waals surface area contributed by atoms with Crippen LogP contribution >= 0.6 is 12.6 Å². The molecule has 0 aliphatic heterocycles. The third kappa shape index (κ3) is 3.52. The summed E-state index contributed by atoms with van der Waals surface area (Å²) in [6.45, 7) is 4.90. The highest BCUT2D eigenvalue weighted by Crippen LogP contribution is 2.34. The second kappa shape index (κ2) is 5.06. The monoisotopic (exact) mass is 215 g/mol. The summed E-state index contributed by atoms with van der Waals surface area (Å²) < 4.78 is 0. The zero-order valence-electron chi connectivity index (χ0n) is 9.18. The van der Waals surface area contributed by atoms with Gasteiger partial charge in [0.25, 0.3) is 0 Å². The largest absolute Gasteiger partial charge is 0.355 e. The Morgan fingerprint density at radius 3 is 2.50 bits per heavy atom. The molecule has 3 heteroatoms. The molecule has 2 nitrogen and oxygen atoms in total. The Morgan fingerprint density at radius 1 is 1.43 bits per heavy atom. The minimum atomic E-state index is -0.192. The van der Waals surface area contributed by atoms with Crippen molar-refractivity contribution in [3.63, 3.8) is 0 Å². The lowest BCUT2D eigenvalue weighted by molar-refractivity contribution is -0.120. The fourth-order valence-corrected chi connectivity index (χ4v) is 2.12. The highest BCUT2D eigenvalue weighted by molar-refractivity contribution is 7.81. The molecule has 0 aromatic rings. The maximum absolute atomic E-state index is 11.3. The van der Waals surface area contributed by atoms with E-state index in [2.05, 4.69) is 24.9 Å². The van der Waals surface area contributed by atoms with Gasteiger partial charge in [-0.2, -0.15) is 12.6 Å². The highest BCUT2D eigenvalue weighted by atomic mass is 32.1. The van der Waals surface area contributed by atoms with Gasteiger partial charge in [-0.05, 0) is 25.2 Å². The predicted octanol–water partition coefficient (Wildman–Crippen LogP) is 2.39. The molecule has 14 heavy (non-hydrogen) atoms. The van der Waals surface area contributed by atoms with Gasteiger partial charge in [0.1, 0.15) is 0 Å². The summed E-state index contributed by atoms with van der Waals surface area (Å²) >= 11 is 4.11. The van der Waals surface area contributed by atoms with E-state index in [-0.39, 0.29) is 11.2 Å². The van der Waals surface area contributed by atoms with Crippen LogP contribution < -0.4 is 5.32 Å². The number of hydrogen-bond donors (Lipinski definition) is 2. The lowest BCUT2D eigenvalue weighted by atomic mass is 9.76. The van der Waals surface area contributed by atoms with Crippen LogP contribution in [0, 0.1) is 5.41 Å². The van der Waals surface area contributed by atoms with Crippen LogP contribution in [0.5, 0.6) is 0 Å². The van der Waals surface area contributed by atoms with Gasteiger partial charge < -0.3 is 5.32 Å². The van der Waals surface area contributed by atoms with Crippen LogP contribution in [0.15, 0.2) is 0 Å². The van der Waals surface area contributed by atoms with Crippen LogP contribution in [-0.2, 0) is 4.79 Å². The van der Waals surface area contributed by atoms with Crippen molar-refractivity contribution in [1.29, 1.82) is 0 Å². The second-order valence-corrected chi connectivity index (χ2v) is 5.54. The van der Waals surface area contributed by atoms with E-state index in [9.17, 15) is 4.79 Å². The van der Waals surface area contributed by atoms with E-state index in [0.29, 0.717) is 5.41 Å². The smallest absolute Gasteiger partial charge is 0.232 e. The van der Waals surface area contributed by atoms with E-state index in [1.165, 1.54) is 32.1 Å². The van der Waals surface area contributed by atoms with Crippen molar-refractivity contribution < 1.29 is 4.79 Å². The molecule has 1 saturated carbocycles. The summed E-state index contributed by atoms with van der Waals surface area (Å²) in [5.41, 5.74) is 0.330. The van der Waals surface area contributed by atoms with E-state index in [0.717, 1.165) is 6.54 Å². The van der Waals surface area contributed by atoms with Crippen molar-refractivity contribution in [1.82, 2.24) is 5.32 Å². The number of hydrogen-bond acceptors (Lipinski definition) is 2. The van der Waals surface area contributed by atoms with Crippen molar-refractivity contribution in [3.8, 4) is 0 Å². The molecule has 1 unspecified atom stereocenters. The minimum Gasteiger partial charge on any atom is -0.355 e. The SMILES string of the molecule is CC(S)C(=O)NCC1(C)CCCCC1. The number of thiol groups is 1. The molecule has 1 atom stereocenters. The fraction of sp³-hybridized carbons (Fsp3) is 0.909. The van der Waals surface area contributed by atoms with Gasteiger partial charge in [0, 0.05) is 6.54 Å². The van der Waals surface area contributed by atoms with Gasteiger partial charge in [0.15, 0.2) is 0 Å². The molecule has 0 aromatic carbocycles. The minimum absolute atomic E-state index is 0.0557. The first-order chi connectivity index (χ1) is 6.53. The number of carbonyl (C=O) groups excluding carboxylic acids is 1. The van der Waals surface area contributed by atoms with Crippen LogP contribution in [0.3, 0.4) is 0 Å². The number of rotatable bonds is 3. The first kappa shape index (κ1) is 11.9. The Morgan fingerprint density at radius 2 is 2.00 bits per heavy atom. The fourth-order valence-electron chi connectivity index (χ4n) is 2.03. The Labute approximate surface area is 92.2 Å². The van der Waals surface area contributed by atoms with Crippen molar-refractivity contribution in [2.24, 2.45) is 5.41 Å². The summed E-state index contributed by atoms with van der Waals surface area (Å²) in [4.78, 5) is 11.3. The third-order valence-electron chi connectivity index (χ3n) is 3.13. The molecule has 1 rings (SSSR count). The standard InChI is InChI=1S/C11H21NOS/c1-9(14)10(13)12-8-11(2)6-4-3-5-7-11/h9,14H,3-8H2,1-2H3,(H,12,13). The van der Waals surface area contributed by atoms with Crippen LogP contribution in [0.25, 0.3) is 0 Å². The van der Waals surface area contributed by atoms with Gasteiger partial charge in [-0.3, -0.25) is 4.79 Å². The molecular formula is C11H21NOS. The van der Waals surface area contributed by atoms with Crippen molar-refractivity contribution >= 4 is 18.5 Å². The Kier molecular flexibility index (Phi) is 4.30. The van der Waals surface area contributed by atoms with E-state index in [1.807, 2.05) is 6.92 Å². The molecule has 1 aliphatic carbocycles. The summed E-state index contributed by atoms with van der Waals surface area (Å²) in [6, 6.07) is 0. The van der Waals surface area contributed by atoms with Crippen LogP contribution in [0.2, 0.25) is 0 Å². The highest BCUT2D eigenvalue weighted by Gasteiger charge is 2.27. The maximum atomic E-state index is 11.3. The first-order valence-electron chi connectivity index (χ1n) is 5.49. The topological polar surface area (TPSA) is 29.1 Å². The van der Waals surface area contributed by atoms with Crippen LogP contribution in [-0.4, -0.2) is 17.7 Å². The summed E-state index contributed by atoms with van der Waals surface area (Å²) in [5, 5.41) is 2.78. The predicted molar refractivity (Wildman–Crippen MR) is 62.6 cm³/mol. The third-order valence-corrected chi connectivity index (χ3v) is 3.36. The van der Waals surface area contributed by atoms with Gasteiger partial charge in [-0.25, -0.2) is 0 Å². The molecule has 0 saturated heterocycles. The Bertz CT molecular complexity index is 197. The summed E-state index contributed by atoms with van der Waals surface area (Å²) in [7, 11) is 0. The molecule has 0 spiro atoms. The number of carbonyl (C=O) groups is 1. The molecular weight excluding hydrogens is 194 g/mol. The Hall–Kier alpha value is -0.180. The van der Waals surface area contributed by atoms with E-state index in [4.69, 9.17) is 0 Å². The van der Waals surface area contributed by atoms with E-state index in [1.54, 1.807) is 0 Å². The first-order valence-corrected chi connectivity index (χ1v) is 6.01. The van der Waals surface area contributed by atoms with Gasteiger partial charge in [-0.1, -0.05) is 26.2 Å². The molecule has 1 aliphatic rings. The van der Waals surface area contributed by atoms with Crippen molar-refractivity contribution in [2.45, 2.75) is 51.2 Å². The zero-order valence-corrected chi connectivity index (χ0v) is 10.1. The zero-order chi connectivity index (χ0) is 10.6. The van der Waals surface area contributed by atoms with Crippen LogP contribution in [0.4, 0.5) is 0 Å². The molecule has 1 fully saturated rings. The van der Waals surface area contributed by atoms with Gasteiger partial charge >= 0.3 is 0 Å². The lowest BCUT2D eigenvalue weighted by Gasteiger charge is -2.33. The average molecular weight is 215 g/mol. The normalized spacial score (nSPS) is 22.8. The Balaban J connectivity index is 2.32. The van der Waals surface area contributed by atoms with Gasteiger partial charge in [0.05, 0.1) is 5.25 Å².